The third kappa shape index (κ3) is 4.71. The number of hydrogen-bond donors (Lipinski definition) is 0. The zero-order valence-corrected chi connectivity index (χ0v) is 27.9. The summed E-state index contributed by atoms with van der Waals surface area (Å²) in [5.41, 5.74) is 9.90. The number of thiophene rings is 1. The van der Waals surface area contributed by atoms with Gasteiger partial charge >= 0.3 is 0 Å². The van der Waals surface area contributed by atoms with Gasteiger partial charge in [0.2, 0.25) is 5.95 Å². The molecule has 3 nitrogen and oxygen atoms in total. The maximum atomic E-state index is 5.29. The van der Waals surface area contributed by atoms with Gasteiger partial charge in [-0.2, -0.15) is 0 Å². The average Bonchev–Trinajstić information content (AvgIpc) is 3.67. The predicted molar refractivity (Wildman–Crippen MR) is 204 cm³/mol. The van der Waals surface area contributed by atoms with E-state index in [1.807, 2.05) is 23.5 Å². The largest absolute Gasteiger partial charge is 0.278 e. The van der Waals surface area contributed by atoms with Crippen LogP contribution in [0.5, 0.6) is 0 Å². The Labute approximate surface area is 283 Å². The van der Waals surface area contributed by atoms with E-state index in [2.05, 4.69) is 159 Å². The van der Waals surface area contributed by atoms with Gasteiger partial charge in [-0.25, -0.2) is 9.97 Å². The number of benzene rings is 6. The molecule has 0 N–H and O–H groups in total. The van der Waals surface area contributed by atoms with Crippen molar-refractivity contribution in [2.75, 3.05) is 0 Å². The highest BCUT2D eigenvalue weighted by atomic mass is 32.1. The lowest BCUT2D eigenvalue weighted by Crippen LogP contribution is -2.10. The molecule has 4 heteroatoms. The second-order valence-electron chi connectivity index (χ2n) is 13.5. The lowest BCUT2D eigenvalue weighted by Gasteiger charge is -2.19. The van der Waals surface area contributed by atoms with Crippen LogP contribution >= 0.6 is 11.3 Å². The molecule has 6 aromatic carbocycles. The van der Waals surface area contributed by atoms with Gasteiger partial charge in [0, 0.05) is 42.1 Å². The highest BCUT2D eigenvalue weighted by Crippen LogP contribution is 2.44. The summed E-state index contributed by atoms with van der Waals surface area (Å²) in [6, 6.07) is 52.1. The van der Waals surface area contributed by atoms with Crippen LogP contribution in [-0.2, 0) is 5.41 Å². The molecule has 0 bridgehead atoms. The molecule has 0 saturated heterocycles. The van der Waals surface area contributed by atoms with Crippen LogP contribution in [-0.4, -0.2) is 14.5 Å². The number of rotatable bonds is 4. The number of aromatic nitrogens is 3. The number of fused-ring (bicyclic) bond motifs is 7. The van der Waals surface area contributed by atoms with Crippen LogP contribution in [0.2, 0.25) is 0 Å². The van der Waals surface area contributed by atoms with Gasteiger partial charge in [-0.05, 0) is 46.4 Å². The summed E-state index contributed by atoms with van der Waals surface area (Å²) < 4.78 is 4.87. The summed E-state index contributed by atoms with van der Waals surface area (Å²) in [6.45, 7) is 6.78. The van der Waals surface area contributed by atoms with Crippen molar-refractivity contribution in [3.63, 3.8) is 0 Å². The van der Waals surface area contributed by atoms with Gasteiger partial charge in [0.25, 0.3) is 0 Å². The van der Waals surface area contributed by atoms with Crippen LogP contribution < -0.4 is 0 Å². The fourth-order valence-electron chi connectivity index (χ4n) is 6.89. The van der Waals surface area contributed by atoms with Crippen molar-refractivity contribution >= 4 is 53.3 Å². The molecule has 9 rings (SSSR count). The monoisotopic (exact) mass is 635 g/mol. The van der Waals surface area contributed by atoms with E-state index in [1.54, 1.807) is 0 Å². The molecule has 48 heavy (non-hydrogen) atoms. The van der Waals surface area contributed by atoms with Gasteiger partial charge in [-0.3, -0.25) is 4.57 Å². The molecule has 230 valence electrons. The van der Waals surface area contributed by atoms with Gasteiger partial charge in [0.05, 0.1) is 22.4 Å². The molecule has 0 atom stereocenters. The Morgan fingerprint density at radius 2 is 1.10 bits per heavy atom. The molecule has 3 aromatic heterocycles. The molecule has 0 saturated carbocycles. The number of hydrogen-bond acceptors (Lipinski definition) is 3. The van der Waals surface area contributed by atoms with E-state index in [-0.39, 0.29) is 5.41 Å². The average molecular weight is 636 g/mol. The van der Waals surface area contributed by atoms with Crippen molar-refractivity contribution in [3.05, 3.63) is 151 Å². The second-order valence-corrected chi connectivity index (χ2v) is 14.6. The predicted octanol–water partition coefficient (Wildman–Crippen LogP) is 12.2. The SMILES string of the molecule is CC(C)(C)c1ccc(-c2ccc3c4c5sc6ccccc6c5ccc4n(-c4nc(-c5ccccc5)cc(-c5ccccc5)n4)c3c2)cc1. The summed E-state index contributed by atoms with van der Waals surface area (Å²) in [6.07, 6.45) is 0. The Morgan fingerprint density at radius 3 is 1.77 bits per heavy atom. The molecule has 9 aromatic rings. The molecule has 0 aliphatic rings. The normalized spacial score (nSPS) is 12.1. The lowest BCUT2D eigenvalue weighted by molar-refractivity contribution is 0.590. The van der Waals surface area contributed by atoms with Crippen LogP contribution in [0.15, 0.2) is 146 Å². The van der Waals surface area contributed by atoms with E-state index in [0.29, 0.717) is 5.95 Å². The van der Waals surface area contributed by atoms with Crippen molar-refractivity contribution in [3.8, 4) is 39.6 Å². The maximum Gasteiger partial charge on any atom is 0.235 e. The standard InChI is InChI=1S/C44H33N3S/c1-44(2,3)32-21-18-28(19-22-32)31-20-23-35-39(26-31)47(38-25-24-34-33-16-10-11-17-40(33)48-42(34)41(35)38)43-45-36(29-12-6-4-7-13-29)27-37(46-43)30-14-8-5-9-15-30/h4-27H,1-3H3. The minimum absolute atomic E-state index is 0.0993. The van der Waals surface area contributed by atoms with E-state index >= 15 is 0 Å². The molecular weight excluding hydrogens is 603 g/mol. The van der Waals surface area contributed by atoms with Crippen molar-refractivity contribution < 1.29 is 0 Å². The molecule has 3 heterocycles. The van der Waals surface area contributed by atoms with Crippen LogP contribution in [0, 0.1) is 0 Å². The maximum absolute atomic E-state index is 5.29. The van der Waals surface area contributed by atoms with Crippen molar-refractivity contribution in [2.24, 2.45) is 0 Å². The fraction of sp³-hybridized carbons (Fsp3) is 0.0909. The van der Waals surface area contributed by atoms with E-state index in [9.17, 15) is 0 Å². The zero-order chi connectivity index (χ0) is 32.4. The van der Waals surface area contributed by atoms with E-state index in [0.717, 1.165) is 33.5 Å². The quantitative estimate of drug-likeness (QED) is 0.193. The molecular formula is C44H33N3S. The first-order valence-electron chi connectivity index (χ1n) is 16.4. The molecule has 0 spiro atoms. The summed E-state index contributed by atoms with van der Waals surface area (Å²) in [4.78, 5) is 10.6. The topological polar surface area (TPSA) is 30.7 Å². The van der Waals surface area contributed by atoms with Crippen LogP contribution in [0.3, 0.4) is 0 Å². The summed E-state index contributed by atoms with van der Waals surface area (Å²) >= 11 is 1.86. The first kappa shape index (κ1) is 28.6. The van der Waals surface area contributed by atoms with Crippen LogP contribution in [0.4, 0.5) is 0 Å². The third-order valence-corrected chi connectivity index (χ3v) is 10.6. The van der Waals surface area contributed by atoms with Crippen molar-refractivity contribution in [1.29, 1.82) is 0 Å². The Balaban J connectivity index is 1.36. The fourth-order valence-corrected chi connectivity index (χ4v) is 8.15. The van der Waals surface area contributed by atoms with E-state index in [4.69, 9.17) is 9.97 Å². The molecule has 0 radical (unpaired) electrons. The summed E-state index contributed by atoms with van der Waals surface area (Å²) in [5.74, 6) is 0.663. The second kappa shape index (κ2) is 11.0. The molecule has 0 aliphatic carbocycles. The van der Waals surface area contributed by atoms with Gasteiger partial charge in [0.15, 0.2) is 0 Å². The van der Waals surface area contributed by atoms with E-state index < -0.39 is 0 Å². The smallest absolute Gasteiger partial charge is 0.235 e. The Bertz CT molecular complexity index is 2570. The highest BCUT2D eigenvalue weighted by molar-refractivity contribution is 7.26. The van der Waals surface area contributed by atoms with Crippen LogP contribution in [0.1, 0.15) is 26.3 Å². The van der Waals surface area contributed by atoms with Gasteiger partial charge in [-0.15, -0.1) is 11.3 Å². The Kier molecular flexibility index (Phi) is 6.56. The van der Waals surface area contributed by atoms with Gasteiger partial charge < -0.3 is 0 Å². The van der Waals surface area contributed by atoms with Crippen molar-refractivity contribution in [1.82, 2.24) is 14.5 Å². The van der Waals surface area contributed by atoms with Crippen LogP contribution in [0.25, 0.3) is 81.6 Å². The Morgan fingerprint density at radius 1 is 0.500 bits per heavy atom. The molecule has 0 unspecified atom stereocenters. The molecule has 0 aliphatic heterocycles. The summed E-state index contributed by atoms with van der Waals surface area (Å²) in [7, 11) is 0. The van der Waals surface area contributed by atoms with E-state index in [1.165, 1.54) is 47.6 Å². The minimum Gasteiger partial charge on any atom is -0.278 e. The van der Waals surface area contributed by atoms with Crippen molar-refractivity contribution in [2.45, 2.75) is 26.2 Å². The Hall–Kier alpha value is -5.58. The summed E-state index contributed by atoms with van der Waals surface area (Å²) in [5, 5.41) is 5.03. The first-order chi connectivity index (χ1) is 23.4. The first-order valence-corrected chi connectivity index (χ1v) is 17.2. The minimum atomic E-state index is 0.0993. The lowest BCUT2D eigenvalue weighted by atomic mass is 9.86. The molecule has 0 fully saturated rings. The third-order valence-electron chi connectivity index (χ3n) is 9.41. The molecule has 0 amide bonds. The van der Waals surface area contributed by atoms with Gasteiger partial charge in [0.1, 0.15) is 0 Å². The highest BCUT2D eigenvalue weighted by Gasteiger charge is 2.21. The zero-order valence-electron chi connectivity index (χ0n) is 27.1. The van der Waals surface area contributed by atoms with Gasteiger partial charge in [-0.1, -0.05) is 142 Å². The number of nitrogens with zero attached hydrogens (tertiary/aromatic N) is 3.